The van der Waals surface area contributed by atoms with Crippen LogP contribution < -0.4 is 14.8 Å². The zero-order valence-electron chi connectivity index (χ0n) is 13.2. The maximum Gasteiger partial charge on any atom is 0.313 e. The molecule has 7 nitrogen and oxygen atoms in total. The lowest BCUT2D eigenvalue weighted by molar-refractivity contribution is -0.142. The quantitative estimate of drug-likeness (QED) is 0.860. The highest BCUT2D eigenvalue weighted by Gasteiger charge is 2.20. The van der Waals surface area contributed by atoms with Gasteiger partial charge in [-0.1, -0.05) is 0 Å². The maximum absolute atomic E-state index is 12.1. The molecule has 7 heteroatoms. The zero-order valence-corrected chi connectivity index (χ0v) is 13.2. The van der Waals surface area contributed by atoms with Crippen LogP contribution in [0.4, 0.5) is 5.69 Å². The minimum Gasteiger partial charge on any atom is -0.454 e. The van der Waals surface area contributed by atoms with Crippen molar-refractivity contribution in [2.75, 3.05) is 25.7 Å². The van der Waals surface area contributed by atoms with Gasteiger partial charge >= 0.3 is 11.8 Å². The molecule has 0 aliphatic carbocycles. The number of fused-ring (bicyclic) bond motifs is 1. The first kappa shape index (κ1) is 15.8. The van der Waals surface area contributed by atoms with Gasteiger partial charge in [0.1, 0.15) is 0 Å². The largest absolute Gasteiger partial charge is 0.454 e. The molecule has 1 aromatic heterocycles. The molecular weight excluding hydrogens is 310 g/mol. The smallest absolute Gasteiger partial charge is 0.313 e. The number of nitrogens with zero attached hydrogens (tertiary/aromatic N) is 2. The van der Waals surface area contributed by atoms with Crippen molar-refractivity contribution < 1.29 is 19.1 Å². The summed E-state index contributed by atoms with van der Waals surface area (Å²) in [6.45, 7) is 0.598. The highest BCUT2D eigenvalue weighted by Crippen LogP contribution is 2.34. The number of hydrogen-bond acceptors (Lipinski definition) is 5. The van der Waals surface area contributed by atoms with Crippen molar-refractivity contribution in [2.24, 2.45) is 0 Å². The first-order valence-electron chi connectivity index (χ1n) is 7.48. The lowest BCUT2D eigenvalue weighted by Gasteiger charge is -2.16. The highest BCUT2D eigenvalue weighted by molar-refractivity contribution is 6.39. The van der Waals surface area contributed by atoms with Crippen LogP contribution in [0.25, 0.3) is 0 Å². The molecule has 2 heterocycles. The number of likely N-dealkylation sites (N-methyl/N-ethyl adjacent to an activating group) is 1. The van der Waals surface area contributed by atoms with E-state index in [0.717, 1.165) is 5.56 Å². The second-order valence-corrected chi connectivity index (χ2v) is 5.35. The van der Waals surface area contributed by atoms with E-state index in [1.807, 2.05) is 12.1 Å². The number of nitrogens with one attached hydrogen (secondary N) is 1. The lowest BCUT2D eigenvalue weighted by atomic mass is 10.2. The molecular formula is C17H17N3O4. The van der Waals surface area contributed by atoms with Crippen molar-refractivity contribution in [1.82, 2.24) is 9.88 Å². The van der Waals surface area contributed by atoms with Crippen LogP contribution in [-0.4, -0.2) is 42.1 Å². The molecule has 0 saturated carbocycles. The topological polar surface area (TPSA) is 80.8 Å². The number of rotatable bonds is 4. The van der Waals surface area contributed by atoms with E-state index in [1.165, 1.54) is 4.90 Å². The second kappa shape index (κ2) is 6.99. The van der Waals surface area contributed by atoms with Crippen LogP contribution in [0.5, 0.6) is 11.5 Å². The van der Waals surface area contributed by atoms with E-state index in [-0.39, 0.29) is 6.79 Å². The Morgan fingerprint density at radius 2 is 1.92 bits per heavy atom. The maximum atomic E-state index is 12.1. The predicted molar refractivity (Wildman–Crippen MR) is 86.8 cm³/mol. The minimum absolute atomic E-state index is 0.156. The Labute approximate surface area is 139 Å². The molecule has 2 aromatic rings. The van der Waals surface area contributed by atoms with Gasteiger partial charge in [0.2, 0.25) is 6.79 Å². The Morgan fingerprint density at radius 1 is 1.17 bits per heavy atom. The summed E-state index contributed by atoms with van der Waals surface area (Å²) in [5.74, 6) is -0.118. The summed E-state index contributed by atoms with van der Waals surface area (Å²) in [7, 11) is 1.60. The second-order valence-electron chi connectivity index (χ2n) is 5.35. The van der Waals surface area contributed by atoms with Crippen LogP contribution in [0.1, 0.15) is 5.56 Å². The Morgan fingerprint density at radius 3 is 2.71 bits per heavy atom. The Kier molecular flexibility index (Phi) is 4.60. The molecule has 1 aliphatic heterocycles. The number of hydrogen-bond donors (Lipinski definition) is 1. The molecule has 1 N–H and O–H groups in total. The Hall–Kier alpha value is -3.09. The summed E-state index contributed by atoms with van der Waals surface area (Å²) in [5, 5.41) is 2.57. The fraction of sp³-hybridized carbons (Fsp3) is 0.235. The van der Waals surface area contributed by atoms with Crippen molar-refractivity contribution in [3.05, 3.63) is 48.3 Å². The van der Waals surface area contributed by atoms with Crippen LogP contribution >= 0.6 is 0 Å². The number of amides is 2. The summed E-state index contributed by atoms with van der Waals surface area (Å²) >= 11 is 0. The lowest BCUT2D eigenvalue weighted by Crippen LogP contribution is -2.38. The standard InChI is InChI=1S/C17H17N3O4/c1-20(9-6-12-4-7-18-8-5-12)17(22)16(21)19-13-2-3-14-15(10-13)24-11-23-14/h2-5,7-8,10H,6,9,11H2,1H3,(H,19,21). The average Bonchev–Trinajstić information content (AvgIpc) is 3.07. The third-order valence-corrected chi connectivity index (χ3v) is 3.66. The summed E-state index contributed by atoms with van der Waals surface area (Å²) in [6.07, 6.45) is 4.05. The van der Waals surface area contributed by atoms with E-state index in [2.05, 4.69) is 10.3 Å². The summed E-state index contributed by atoms with van der Waals surface area (Å²) in [4.78, 5) is 29.6. The number of carbonyl (C=O) groups is 2. The van der Waals surface area contributed by atoms with E-state index < -0.39 is 11.8 Å². The Bertz CT molecular complexity index is 749. The number of benzene rings is 1. The minimum atomic E-state index is -0.689. The van der Waals surface area contributed by atoms with Gasteiger partial charge in [-0.15, -0.1) is 0 Å². The summed E-state index contributed by atoms with van der Waals surface area (Å²) in [6, 6.07) is 8.74. The van der Waals surface area contributed by atoms with Crippen LogP contribution in [0, 0.1) is 0 Å². The number of aromatic nitrogens is 1. The van der Waals surface area contributed by atoms with Crippen LogP contribution in [0.15, 0.2) is 42.7 Å². The monoisotopic (exact) mass is 327 g/mol. The van der Waals surface area contributed by atoms with Gasteiger partial charge in [-0.25, -0.2) is 0 Å². The molecule has 1 aromatic carbocycles. The molecule has 0 saturated heterocycles. The van der Waals surface area contributed by atoms with Gasteiger partial charge in [0, 0.05) is 37.7 Å². The molecule has 2 amide bonds. The molecule has 0 atom stereocenters. The average molecular weight is 327 g/mol. The normalized spacial score (nSPS) is 11.9. The van der Waals surface area contributed by atoms with Crippen molar-refractivity contribution >= 4 is 17.5 Å². The van der Waals surface area contributed by atoms with Gasteiger partial charge in [-0.2, -0.15) is 0 Å². The summed E-state index contributed by atoms with van der Waals surface area (Å²) < 4.78 is 10.4. The fourth-order valence-electron chi connectivity index (χ4n) is 2.28. The van der Waals surface area contributed by atoms with E-state index in [1.54, 1.807) is 37.6 Å². The molecule has 0 unspecified atom stereocenters. The van der Waals surface area contributed by atoms with E-state index in [9.17, 15) is 9.59 Å². The molecule has 0 radical (unpaired) electrons. The van der Waals surface area contributed by atoms with E-state index >= 15 is 0 Å². The van der Waals surface area contributed by atoms with Crippen LogP contribution in [0.2, 0.25) is 0 Å². The van der Waals surface area contributed by atoms with Gasteiger partial charge in [0.05, 0.1) is 0 Å². The summed E-state index contributed by atoms with van der Waals surface area (Å²) in [5.41, 5.74) is 1.54. The number of anilines is 1. The van der Waals surface area contributed by atoms with Crippen molar-refractivity contribution in [3.63, 3.8) is 0 Å². The molecule has 1 aliphatic rings. The van der Waals surface area contributed by atoms with Gasteiger partial charge in [0.25, 0.3) is 0 Å². The molecule has 0 spiro atoms. The number of ether oxygens (including phenoxy) is 2. The van der Waals surface area contributed by atoms with Gasteiger partial charge in [0.15, 0.2) is 11.5 Å². The SMILES string of the molecule is CN(CCc1ccncc1)C(=O)C(=O)Nc1ccc2c(c1)OCO2. The molecule has 124 valence electrons. The highest BCUT2D eigenvalue weighted by atomic mass is 16.7. The van der Waals surface area contributed by atoms with Crippen molar-refractivity contribution in [1.29, 1.82) is 0 Å². The van der Waals surface area contributed by atoms with Gasteiger partial charge in [-0.3, -0.25) is 14.6 Å². The number of pyridine rings is 1. The van der Waals surface area contributed by atoms with Crippen molar-refractivity contribution in [2.45, 2.75) is 6.42 Å². The van der Waals surface area contributed by atoms with Crippen LogP contribution in [0.3, 0.4) is 0 Å². The van der Waals surface area contributed by atoms with Crippen molar-refractivity contribution in [3.8, 4) is 11.5 Å². The predicted octanol–water partition coefficient (Wildman–Crippen LogP) is 1.45. The Balaban J connectivity index is 1.55. The third-order valence-electron chi connectivity index (χ3n) is 3.66. The van der Waals surface area contributed by atoms with Crippen LogP contribution in [-0.2, 0) is 16.0 Å². The number of carbonyl (C=O) groups excluding carboxylic acids is 2. The molecule has 0 fully saturated rings. The zero-order chi connectivity index (χ0) is 16.9. The van der Waals surface area contributed by atoms with Gasteiger partial charge in [-0.05, 0) is 36.2 Å². The first-order chi connectivity index (χ1) is 11.6. The van der Waals surface area contributed by atoms with Gasteiger partial charge < -0.3 is 19.7 Å². The first-order valence-corrected chi connectivity index (χ1v) is 7.48. The third kappa shape index (κ3) is 3.62. The molecule has 0 bridgehead atoms. The van der Waals surface area contributed by atoms with E-state index in [0.29, 0.717) is 30.2 Å². The fourth-order valence-corrected chi connectivity index (χ4v) is 2.28. The molecule has 3 rings (SSSR count). The van der Waals surface area contributed by atoms with E-state index in [4.69, 9.17) is 9.47 Å². The molecule has 24 heavy (non-hydrogen) atoms.